The van der Waals surface area contributed by atoms with E-state index in [4.69, 9.17) is 0 Å². The van der Waals surface area contributed by atoms with Gasteiger partial charge in [-0.3, -0.25) is 9.59 Å². The predicted molar refractivity (Wildman–Crippen MR) is 149 cm³/mol. The quantitative estimate of drug-likeness (QED) is 0.361. The van der Waals surface area contributed by atoms with Crippen LogP contribution in [0.15, 0.2) is 89.8 Å². The fourth-order valence-electron chi connectivity index (χ4n) is 4.79. The van der Waals surface area contributed by atoms with Crippen LogP contribution < -0.4 is 5.32 Å². The van der Waals surface area contributed by atoms with Gasteiger partial charge in [-0.2, -0.15) is 4.31 Å². The summed E-state index contributed by atoms with van der Waals surface area (Å²) in [5.41, 5.74) is 2.40. The van der Waals surface area contributed by atoms with Crippen molar-refractivity contribution in [3.05, 3.63) is 102 Å². The van der Waals surface area contributed by atoms with Gasteiger partial charge in [0.25, 0.3) is 0 Å². The van der Waals surface area contributed by atoms with Crippen LogP contribution in [0.2, 0.25) is 0 Å². The average Bonchev–Trinajstić information content (AvgIpc) is 3.52. The van der Waals surface area contributed by atoms with Gasteiger partial charge < -0.3 is 15.3 Å². The number of sulfonamides is 1. The molecule has 206 valence electrons. The summed E-state index contributed by atoms with van der Waals surface area (Å²) in [4.78, 5) is 28.8. The van der Waals surface area contributed by atoms with Crippen molar-refractivity contribution in [1.29, 1.82) is 0 Å². The molecule has 1 aliphatic rings. The van der Waals surface area contributed by atoms with Crippen LogP contribution in [0.4, 0.5) is 0 Å². The number of hydrogen-bond acceptors (Lipinski definition) is 5. The molecule has 0 aromatic heterocycles. The standard InChI is InChI=1S/C30H35N3O5S/c34-22-19-31-30(36)29(26-11-5-2-6-12-26)33(23-25-9-3-1-4-10-25)28(35)18-15-24-13-16-27(17-14-24)39(37,38)32-20-7-8-21-32/h1-6,9-14,16-17,29,34H,7-8,15,18-23H2,(H,31,36). The minimum atomic E-state index is -3.50. The Morgan fingerprint density at radius 2 is 1.49 bits per heavy atom. The summed E-state index contributed by atoms with van der Waals surface area (Å²) < 4.78 is 27.2. The zero-order valence-electron chi connectivity index (χ0n) is 21.9. The number of carbonyl (C=O) groups excluding carboxylic acids is 2. The topological polar surface area (TPSA) is 107 Å². The second kappa shape index (κ2) is 13.5. The van der Waals surface area contributed by atoms with Gasteiger partial charge in [-0.1, -0.05) is 72.8 Å². The number of hydrogen-bond donors (Lipinski definition) is 2. The summed E-state index contributed by atoms with van der Waals surface area (Å²) in [6, 6.07) is 24.4. The minimum absolute atomic E-state index is 0.0855. The zero-order chi connectivity index (χ0) is 27.7. The predicted octanol–water partition coefficient (Wildman–Crippen LogP) is 3.28. The maximum absolute atomic E-state index is 13.7. The Kier molecular flexibility index (Phi) is 9.86. The van der Waals surface area contributed by atoms with Gasteiger partial charge in [0.15, 0.2) is 0 Å². The number of benzene rings is 3. The molecule has 2 amide bonds. The molecule has 39 heavy (non-hydrogen) atoms. The largest absolute Gasteiger partial charge is 0.395 e. The molecule has 0 spiro atoms. The van der Waals surface area contributed by atoms with Crippen molar-refractivity contribution in [2.45, 2.75) is 43.2 Å². The molecule has 9 heteroatoms. The fourth-order valence-corrected chi connectivity index (χ4v) is 6.31. The van der Waals surface area contributed by atoms with Crippen molar-refractivity contribution < 1.29 is 23.1 Å². The smallest absolute Gasteiger partial charge is 0.247 e. The Morgan fingerprint density at radius 3 is 2.10 bits per heavy atom. The molecule has 1 fully saturated rings. The lowest BCUT2D eigenvalue weighted by Crippen LogP contribution is -2.44. The molecule has 0 aliphatic carbocycles. The van der Waals surface area contributed by atoms with E-state index in [2.05, 4.69) is 5.32 Å². The van der Waals surface area contributed by atoms with E-state index in [-0.39, 0.29) is 42.8 Å². The molecule has 3 aromatic rings. The van der Waals surface area contributed by atoms with Gasteiger partial charge in [0, 0.05) is 32.6 Å². The number of aryl methyl sites for hydroxylation is 1. The van der Waals surface area contributed by atoms with E-state index in [1.807, 2.05) is 60.7 Å². The highest BCUT2D eigenvalue weighted by Crippen LogP contribution is 2.26. The number of amides is 2. The second-order valence-corrected chi connectivity index (χ2v) is 11.5. The van der Waals surface area contributed by atoms with Gasteiger partial charge in [-0.15, -0.1) is 0 Å². The highest BCUT2D eigenvalue weighted by atomic mass is 32.2. The molecular formula is C30H35N3O5S. The van der Waals surface area contributed by atoms with E-state index in [9.17, 15) is 23.1 Å². The van der Waals surface area contributed by atoms with E-state index in [1.165, 1.54) is 4.31 Å². The first-order valence-electron chi connectivity index (χ1n) is 13.3. The molecule has 2 N–H and O–H groups in total. The highest BCUT2D eigenvalue weighted by molar-refractivity contribution is 7.89. The Balaban J connectivity index is 1.54. The van der Waals surface area contributed by atoms with E-state index in [0.717, 1.165) is 24.0 Å². The first-order valence-corrected chi connectivity index (χ1v) is 14.7. The lowest BCUT2D eigenvalue weighted by Gasteiger charge is -2.31. The molecule has 1 aliphatic heterocycles. The molecule has 0 radical (unpaired) electrons. The molecule has 1 saturated heterocycles. The van der Waals surface area contributed by atoms with Crippen LogP contribution in [0.1, 0.15) is 42.0 Å². The Morgan fingerprint density at radius 1 is 0.872 bits per heavy atom. The number of aliphatic hydroxyl groups is 1. The summed E-state index contributed by atoms with van der Waals surface area (Å²) >= 11 is 0. The zero-order valence-corrected chi connectivity index (χ0v) is 22.7. The molecule has 0 bridgehead atoms. The van der Waals surface area contributed by atoms with E-state index in [0.29, 0.717) is 25.1 Å². The van der Waals surface area contributed by atoms with Crippen LogP contribution in [0.5, 0.6) is 0 Å². The monoisotopic (exact) mass is 549 g/mol. The van der Waals surface area contributed by atoms with Crippen LogP contribution in [0.3, 0.4) is 0 Å². The molecule has 1 unspecified atom stereocenters. The summed E-state index contributed by atoms with van der Waals surface area (Å²) in [7, 11) is -3.50. The maximum atomic E-state index is 13.7. The number of carbonyl (C=O) groups is 2. The molecule has 0 saturated carbocycles. The first-order chi connectivity index (χ1) is 18.9. The third-order valence-corrected chi connectivity index (χ3v) is 8.77. The first kappa shape index (κ1) is 28.5. The summed E-state index contributed by atoms with van der Waals surface area (Å²) in [6.07, 6.45) is 2.29. The number of aliphatic hydroxyl groups excluding tert-OH is 1. The maximum Gasteiger partial charge on any atom is 0.247 e. The lowest BCUT2D eigenvalue weighted by molar-refractivity contribution is -0.141. The van der Waals surface area contributed by atoms with Crippen LogP contribution in [-0.2, 0) is 32.6 Å². The van der Waals surface area contributed by atoms with Crippen molar-refractivity contribution >= 4 is 21.8 Å². The van der Waals surface area contributed by atoms with Gasteiger partial charge in [0.2, 0.25) is 21.8 Å². The van der Waals surface area contributed by atoms with Crippen molar-refractivity contribution in [2.75, 3.05) is 26.2 Å². The van der Waals surface area contributed by atoms with Crippen molar-refractivity contribution in [3.8, 4) is 0 Å². The van der Waals surface area contributed by atoms with Crippen molar-refractivity contribution in [3.63, 3.8) is 0 Å². The number of nitrogens with zero attached hydrogens (tertiary/aromatic N) is 2. The van der Waals surface area contributed by atoms with Gasteiger partial charge in [0.1, 0.15) is 6.04 Å². The van der Waals surface area contributed by atoms with Crippen LogP contribution in [-0.4, -0.2) is 60.8 Å². The fraction of sp³-hybridized carbons (Fsp3) is 0.333. The highest BCUT2D eigenvalue weighted by Gasteiger charge is 2.31. The van der Waals surface area contributed by atoms with Crippen molar-refractivity contribution in [2.24, 2.45) is 0 Å². The Bertz CT molecular complexity index is 1330. The SMILES string of the molecule is O=C(NCCO)C(c1ccccc1)N(Cc1ccccc1)C(=O)CCc1ccc(S(=O)(=O)N2CCCC2)cc1. The Labute approximate surface area is 230 Å². The summed E-state index contributed by atoms with van der Waals surface area (Å²) in [5, 5.41) is 12.0. The van der Waals surface area contributed by atoms with Gasteiger partial charge in [-0.25, -0.2) is 8.42 Å². The number of rotatable bonds is 12. The number of nitrogens with one attached hydrogen (secondary N) is 1. The molecule has 8 nitrogen and oxygen atoms in total. The summed E-state index contributed by atoms with van der Waals surface area (Å²) in [6.45, 7) is 1.21. The molecular weight excluding hydrogens is 514 g/mol. The third-order valence-electron chi connectivity index (χ3n) is 6.86. The van der Waals surface area contributed by atoms with Gasteiger partial charge >= 0.3 is 0 Å². The average molecular weight is 550 g/mol. The normalized spacial score (nSPS) is 14.6. The van der Waals surface area contributed by atoms with Crippen LogP contribution in [0, 0.1) is 0 Å². The van der Waals surface area contributed by atoms with E-state index >= 15 is 0 Å². The third kappa shape index (κ3) is 7.32. The molecule has 3 aromatic carbocycles. The van der Waals surface area contributed by atoms with E-state index in [1.54, 1.807) is 29.2 Å². The van der Waals surface area contributed by atoms with E-state index < -0.39 is 16.1 Å². The molecule has 1 atom stereocenters. The van der Waals surface area contributed by atoms with Gasteiger partial charge in [0.05, 0.1) is 11.5 Å². The minimum Gasteiger partial charge on any atom is -0.395 e. The summed E-state index contributed by atoms with van der Waals surface area (Å²) in [5.74, 6) is -0.573. The van der Waals surface area contributed by atoms with Gasteiger partial charge in [-0.05, 0) is 48.1 Å². The van der Waals surface area contributed by atoms with Crippen molar-refractivity contribution in [1.82, 2.24) is 14.5 Å². The second-order valence-electron chi connectivity index (χ2n) is 9.59. The molecule has 1 heterocycles. The Hall–Kier alpha value is -3.53. The molecule has 4 rings (SSSR count). The lowest BCUT2D eigenvalue weighted by atomic mass is 10.0. The van der Waals surface area contributed by atoms with Crippen LogP contribution in [0.25, 0.3) is 0 Å². The van der Waals surface area contributed by atoms with Crippen LogP contribution >= 0.6 is 0 Å².